The number of benzene rings is 1. The summed E-state index contributed by atoms with van der Waals surface area (Å²) in [6.07, 6.45) is 4.14. The molecule has 2 heterocycles. The van der Waals surface area contributed by atoms with E-state index in [1.165, 1.54) is 0 Å². The number of nitrogens with one attached hydrogen (secondary N) is 1. The Kier molecular flexibility index (Phi) is 5.77. The first-order chi connectivity index (χ1) is 12.3. The van der Waals surface area contributed by atoms with E-state index in [9.17, 15) is 0 Å². The summed E-state index contributed by atoms with van der Waals surface area (Å²) < 4.78 is 5.72. The summed E-state index contributed by atoms with van der Waals surface area (Å²) in [6.45, 7) is 1.09. The van der Waals surface area contributed by atoms with Crippen molar-refractivity contribution in [3.05, 3.63) is 59.9 Å². The Morgan fingerprint density at radius 3 is 2.84 bits per heavy atom. The fraction of sp³-hybridized carbons (Fsp3) is 0.167. The van der Waals surface area contributed by atoms with Crippen molar-refractivity contribution in [3.63, 3.8) is 0 Å². The highest BCUT2D eigenvalue weighted by atomic mass is 35.5. The van der Waals surface area contributed by atoms with Crippen molar-refractivity contribution >= 4 is 23.2 Å². The third kappa shape index (κ3) is 4.65. The van der Waals surface area contributed by atoms with Crippen LogP contribution in [-0.2, 0) is 0 Å². The number of halogens is 1. The van der Waals surface area contributed by atoms with E-state index in [2.05, 4.69) is 20.3 Å². The van der Waals surface area contributed by atoms with Crippen LogP contribution in [-0.4, -0.2) is 28.1 Å². The van der Waals surface area contributed by atoms with Crippen LogP contribution in [0.3, 0.4) is 0 Å². The molecule has 0 atom stereocenters. The van der Waals surface area contributed by atoms with Gasteiger partial charge in [0, 0.05) is 23.1 Å². The minimum atomic E-state index is 0.469. The number of hydrogen-bond donors (Lipinski definition) is 2. The zero-order valence-electron chi connectivity index (χ0n) is 13.5. The monoisotopic (exact) mass is 355 g/mol. The number of nitrogens with two attached hydrogens (primary N) is 1. The fourth-order valence-electron chi connectivity index (χ4n) is 2.22. The highest BCUT2D eigenvalue weighted by Crippen LogP contribution is 2.27. The largest absolute Gasteiger partial charge is 0.477 e. The Balaban J connectivity index is 1.84. The van der Waals surface area contributed by atoms with Crippen molar-refractivity contribution in [1.82, 2.24) is 15.0 Å². The van der Waals surface area contributed by atoms with E-state index in [0.717, 1.165) is 23.4 Å². The molecular formula is C18H18ClN5O. The maximum absolute atomic E-state index is 6.00. The van der Waals surface area contributed by atoms with Gasteiger partial charge in [-0.3, -0.25) is 0 Å². The van der Waals surface area contributed by atoms with Crippen LogP contribution in [0, 0.1) is 0 Å². The van der Waals surface area contributed by atoms with E-state index in [1.54, 1.807) is 12.4 Å². The van der Waals surface area contributed by atoms with Gasteiger partial charge in [-0.15, -0.1) is 0 Å². The van der Waals surface area contributed by atoms with E-state index in [4.69, 9.17) is 22.1 Å². The lowest BCUT2D eigenvalue weighted by molar-refractivity contribution is 0.303. The number of pyridine rings is 1. The van der Waals surface area contributed by atoms with Crippen LogP contribution in [0.15, 0.2) is 54.9 Å². The molecule has 0 spiro atoms. The molecule has 0 radical (unpaired) electrons. The highest BCUT2D eigenvalue weighted by Gasteiger charge is 2.10. The molecular weight excluding hydrogens is 338 g/mol. The molecule has 0 unspecified atom stereocenters. The summed E-state index contributed by atoms with van der Waals surface area (Å²) in [5.74, 6) is 1.000. The lowest BCUT2D eigenvalue weighted by atomic mass is 10.2. The summed E-state index contributed by atoms with van der Waals surface area (Å²) in [5.41, 5.74) is 7.84. The molecule has 0 aliphatic carbocycles. The molecule has 0 saturated carbocycles. The Morgan fingerprint density at radius 1 is 1.08 bits per heavy atom. The molecule has 0 aliphatic rings. The van der Waals surface area contributed by atoms with E-state index >= 15 is 0 Å². The zero-order valence-corrected chi connectivity index (χ0v) is 14.3. The van der Waals surface area contributed by atoms with Gasteiger partial charge in [0.05, 0.1) is 17.9 Å². The molecule has 6 nitrogen and oxygen atoms in total. The Hall–Kier alpha value is -2.70. The molecule has 0 amide bonds. The number of nitrogens with zero attached hydrogens (tertiary/aromatic N) is 3. The highest BCUT2D eigenvalue weighted by molar-refractivity contribution is 6.30. The predicted molar refractivity (Wildman–Crippen MR) is 99.2 cm³/mol. The normalized spacial score (nSPS) is 10.5. The van der Waals surface area contributed by atoms with Gasteiger partial charge in [-0.1, -0.05) is 17.7 Å². The third-order valence-electron chi connectivity index (χ3n) is 3.37. The molecule has 3 aromatic rings. The zero-order chi connectivity index (χ0) is 17.5. The lowest BCUT2D eigenvalue weighted by Gasteiger charge is -2.10. The SMILES string of the molecule is NCCCOc1ncccc1-c1ccnc(Nc2cccc(Cl)c2)n1. The van der Waals surface area contributed by atoms with Crippen LogP contribution < -0.4 is 15.8 Å². The number of ether oxygens (including phenoxy) is 1. The van der Waals surface area contributed by atoms with Crippen LogP contribution in [0.4, 0.5) is 11.6 Å². The first kappa shape index (κ1) is 17.1. The fourth-order valence-corrected chi connectivity index (χ4v) is 2.41. The topological polar surface area (TPSA) is 86.0 Å². The van der Waals surface area contributed by atoms with Crippen molar-refractivity contribution in [2.24, 2.45) is 5.73 Å². The molecule has 0 saturated heterocycles. The average Bonchev–Trinajstić information content (AvgIpc) is 2.63. The molecule has 25 heavy (non-hydrogen) atoms. The molecule has 128 valence electrons. The van der Waals surface area contributed by atoms with E-state index < -0.39 is 0 Å². The summed E-state index contributed by atoms with van der Waals surface area (Å²) in [5, 5.41) is 3.78. The minimum Gasteiger partial charge on any atom is -0.477 e. The second-order valence-corrected chi connectivity index (χ2v) is 5.68. The first-order valence-electron chi connectivity index (χ1n) is 7.90. The van der Waals surface area contributed by atoms with E-state index in [0.29, 0.717) is 30.0 Å². The molecule has 1 aromatic carbocycles. The lowest BCUT2D eigenvalue weighted by Crippen LogP contribution is -2.07. The van der Waals surface area contributed by atoms with Crippen molar-refractivity contribution in [2.75, 3.05) is 18.5 Å². The molecule has 0 bridgehead atoms. The predicted octanol–water partition coefficient (Wildman–Crippen LogP) is 3.66. The quantitative estimate of drug-likeness (QED) is 0.629. The Morgan fingerprint density at radius 2 is 2.00 bits per heavy atom. The van der Waals surface area contributed by atoms with Gasteiger partial charge >= 0.3 is 0 Å². The van der Waals surface area contributed by atoms with Crippen molar-refractivity contribution in [1.29, 1.82) is 0 Å². The number of hydrogen-bond acceptors (Lipinski definition) is 6. The summed E-state index contributed by atoms with van der Waals surface area (Å²) in [4.78, 5) is 13.1. The molecule has 7 heteroatoms. The number of aromatic nitrogens is 3. The van der Waals surface area contributed by atoms with Crippen molar-refractivity contribution in [3.8, 4) is 17.1 Å². The van der Waals surface area contributed by atoms with Crippen molar-refractivity contribution < 1.29 is 4.74 Å². The summed E-state index contributed by atoms with van der Waals surface area (Å²) >= 11 is 6.00. The molecule has 2 aromatic heterocycles. The molecule has 0 fully saturated rings. The van der Waals surface area contributed by atoms with Crippen molar-refractivity contribution in [2.45, 2.75) is 6.42 Å². The molecule has 3 rings (SSSR count). The Labute approximate surface area is 151 Å². The van der Waals surface area contributed by atoms with E-state index in [-0.39, 0.29) is 0 Å². The Bertz CT molecular complexity index is 843. The van der Waals surface area contributed by atoms with Crippen LogP contribution >= 0.6 is 11.6 Å². The van der Waals surface area contributed by atoms with Gasteiger partial charge in [-0.05, 0) is 49.4 Å². The standard InChI is InChI=1S/C18H18ClN5O/c19-13-4-1-5-14(12-13)23-18-22-10-7-16(24-18)15-6-2-9-21-17(15)25-11-3-8-20/h1-2,4-7,9-10,12H,3,8,11,20H2,(H,22,23,24). The summed E-state index contributed by atoms with van der Waals surface area (Å²) in [6, 6.07) is 12.9. The number of rotatable bonds is 7. The first-order valence-corrected chi connectivity index (χ1v) is 8.28. The summed E-state index contributed by atoms with van der Waals surface area (Å²) in [7, 11) is 0. The van der Waals surface area contributed by atoms with Gasteiger partial charge in [-0.2, -0.15) is 0 Å². The smallest absolute Gasteiger partial charge is 0.227 e. The van der Waals surface area contributed by atoms with Gasteiger partial charge in [0.15, 0.2) is 0 Å². The molecule has 0 aliphatic heterocycles. The molecule has 3 N–H and O–H groups in total. The average molecular weight is 356 g/mol. The van der Waals surface area contributed by atoms with E-state index in [1.807, 2.05) is 42.5 Å². The van der Waals surface area contributed by atoms with Gasteiger partial charge in [-0.25, -0.2) is 15.0 Å². The maximum atomic E-state index is 6.00. The van der Waals surface area contributed by atoms with Crippen LogP contribution in [0.1, 0.15) is 6.42 Å². The van der Waals surface area contributed by atoms with Crippen LogP contribution in [0.5, 0.6) is 5.88 Å². The van der Waals surface area contributed by atoms with Gasteiger partial charge in [0.2, 0.25) is 11.8 Å². The van der Waals surface area contributed by atoms with Gasteiger partial charge in [0.1, 0.15) is 0 Å². The third-order valence-corrected chi connectivity index (χ3v) is 3.61. The second-order valence-electron chi connectivity index (χ2n) is 5.25. The number of anilines is 2. The van der Waals surface area contributed by atoms with Crippen LogP contribution in [0.2, 0.25) is 5.02 Å². The second kappa shape index (κ2) is 8.41. The van der Waals surface area contributed by atoms with Crippen LogP contribution in [0.25, 0.3) is 11.3 Å². The van der Waals surface area contributed by atoms with Gasteiger partial charge in [0.25, 0.3) is 0 Å². The van der Waals surface area contributed by atoms with Gasteiger partial charge < -0.3 is 15.8 Å². The maximum Gasteiger partial charge on any atom is 0.227 e. The minimum absolute atomic E-state index is 0.469.